The predicted molar refractivity (Wildman–Crippen MR) is 30.1 cm³/mol. The van der Waals surface area contributed by atoms with E-state index in [1.54, 1.807) is 0 Å². The molecule has 0 radical (unpaired) electrons. The molecule has 1 nitrogen and oxygen atoms in total. The quantitative estimate of drug-likeness (QED) is 0.518. The fraction of sp³-hybridized carbons (Fsp3) is 1.00. The van der Waals surface area contributed by atoms with Gasteiger partial charge in [-0.25, -0.2) is 0 Å². The monoisotopic (exact) mass is 122 g/mol. The van der Waals surface area contributed by atoms with Crippen LogP contribution in [-0.4, -0.2) is 6.16 Å². The molecule has 6 heavy (non-hydrogen) atoms. The summed E-state index contributed by atoms with van der Waals surface area (Å²) < 4.78 is 10.0. The van der Waals surface area contributed by atoms with Crippen molar-refractivity contribution in [3.8, 4) is 0 Å². The first-order chi connectivity index (χ1) is 2.77. The second-order valence-electron chi connectivity index (χ2n) is 1.06. The minimum Gasteiger partial charge on any atom is -0.270 e. The average molecular weight is 122 g/mol. The van der Waals surface area contributed by atoms with Crippen LogP contribution in [-0.2, 0) is 16.4 Å². The van der Waals surface area contributed by atoms with Crippen molar-refractivity contribution in [2.24, 2.45) is 0 Å². The van der Waals surface area contributed by atoms with Gasteiger partial charge in [0.15, 0.2) is 6.58 Å². The molecular weight excluding hydrogens is 115 g/mol. The third kappa shape index (κ3) is 4.32. The molecule has 0 aromatic heterocycles. The van der Waals surface area contributed by atoms with Crippen molar-refractivity contribution in [1.29, 1.82) is 0 Å². The van der Waals surface area contributed by atoms with Gasteiger partial charge in [-0.1, -0.05) is 6.92 Å². The Kier molecular flexibility index (Phi) is 3.70. The van der Waals surface area contributed by atoms with Crippen LogP contribution in [0.15, 0.2) is 0 Å². The van der Waals surface area contributed by atoms with E-state index in [0.29, 0.717) is 6.16 Å². The second-order valence-corrected chi connectivity index (χ2v) is 3.39. The molecule has 0 amide bonds. The van der Waals surface area contributed by atoms with Gasteiger partial charge in [0.1, 0.15) is 0 Å². The van der Waals surface area contributed by atoms with Crippen LogP contribution >= 0.6 is 6.58 Å². The lowest BCUT2D eigenvalue weighted by molar-refractivity contribution is 0.597. The Morgan fingerprint density at radius 2 is 2.33 bits per heavy atom. The van der Waals surface area contributed by atoms with Gasteiger partial charge >= 0.3 is 0 Å². The van der Waals surface area contributed by atoms with E-state index >= 15 is 0 Å². The van der Waals surface area contributed by atoms with Crippen molar-refractivity contribution in [2.75, 3.05) is 6.16 Å². The molecule has 0 heterocycles. The molecule has 0 N–H and O–H groups in total. The second kappa shape index (κ2) is 3.51. The summed E-state index contributed by atoms with van der Waals surface area (Å²) in [6, 6.07) is 0. The van der Waals surface area contributed by atoms with E-state index in [9.17, 15) is 4.57 Å². The number of rotatable bonds is 2. The van der Waals surface area contributed by atoms with Crippen molar-refractivity contribution >= 4 is 18.4 Å². The van der Waals surface area contributed by atoms with Crippen LogP contribution in [0.25, 0.3) is 0 Å². The highest BCUT2D eigenvalue weighted by molar-refractivity contribution is 7.99. The van der Waals surface area contributed by atoms with Gasteiger partial charge in [0.05, 0.1) is 0 Å². The SMILES string of the molecule is CCCP(=O)=S. The molecule has 0 saturated carbocycles. The lowest BCUT2D eigenvalue weighted by Crippen LogP contribution is -1.60. The molecule has 0 bridgehead atoms. The van der Waals surface area contributed by atoms with Gasteiger partial charge in [0.25, 0.3) is 0 Å². The Morgan fingerprint density at radius 3 is 2.33 bits per heavy atom. The number of hydrogen-bond acceptors (Lipinski definition) is 2. The van der Waals surface area contributed by atoms with Gasteiger partial charge < -0.3 is 0 Å². The summed E-state index contributed by atoms with van der Waals surface area (Å²) in [5.74, 6) is 0. The van der Waals surface area contributed by atoms with E-state index in [0.717, 1.165) is 6.42 Å². The first kappa shape index (κ1) is 6.32. The largest absolute Gasteiger partial charge is 0.270 e. The van der Waals surface area contributed by atoms with E-state index in [2.05, 4.69) is 11.8 Å². The molecule has 0 fully saturated rings. The Morgan fingerprint density at radius 1 is 1.83 bits per heavy atom. The normalized spacial score (nSPS) is 11.2. The van der Waals surface area contributed by atoms with Gasteiger partial charge in [-0.3, -0.25) is 4.57 Å². The average Bonchev–Trinajstić information content (AvgIpc) is 1.35. The predicted octanol–water partition coefficient (Wildman–Crippen LogP) is 1.69. The molecule has 3 heteroatoms. The Labute approximate surface area is 43.2 Å². The van der Waals surface area contributed by atoms with Gasteiger partial charge in [-0.2, -0.15) is 0 Å². The van der Waals surface area contributed by atoms with Crippen LogP contribution in [0.2, 0.25) is 0 Å². The van der Waals surface area contributed by atoms with Crippen LogP contribution in [0, 0.1) is 0 Å². The maximum Gasteiger partial charge on any atom is 0.164 e. The zero-order valence-corrected chi connectivity index (χ0v) is 5.39. The molecule has 0 saturated heterocycles. The van der Waals surface area contributed by atoms with Gasteiger partial charge in [-0.15, -0.1) is 0 Å². The first-order valence-electron chi connectivity index (χ1n) is 1.89. The van der Waals surface area contributed by atoms with E-state index in [1.165, 1.54) is 0 Å². The van der Waals surface area contributed by atoms with Crippen LogP contribution in [0.5, 0.6) is 0 Å². The Hall–Kier alpha value is 0.320. The number of hydrogen-bond donors (Lipinski definition) is 0. The van der Waals surface area contributed by atoms with Crippen molar-refractivity contribution in [3.05, 3.63) is 0 Å². The van der Waals surface area contributed by atoms with Gasteiger partial charge in [0.2, 0.25) is 0 Å². The van der Waals surface area contributed by atoms with Crippen molar-refractivity contribution in [1.82, 2.24) is 0 Å². The van der Waals surface area contributed by atoms with E-state index in [4.69, 9.17) is 0 Å². The zero-order chi connectivity index (χ0) is 4.99. The van der Waals surface area contributed by atoms with Crippen LogP contribution < -0.4 is 0 Å². The lowest BCUT2D eigenvalue weighted by Gasteiger charge is -1.71. The topological polar surface area (TPSA) is 17.1 Å². The van der Waals surface area contributed by atoms with Crippen molar-refractivity contribution in [3.63, 3.8) is 0 Å². The summed E-state index contributed by atoms with van der Waals surface area (Å²) >= 11 is 4.39. The Bertz CT molecular complexity index is 78.8. The molecule has 0 aromatic carbocycles. The first-order valence-corrected chi connectivity index (χ1v) is 4.35. The fourth-order valence-electron chi connectivity index (χ4n) is 0.183. The molecule has 0 aliphatic rings. The molecule has 1 unspecified atom stereocenters. The van der Waals surface area contributed by atoms with E-state index in [-0.39, 0.29) is 0 Å². The van der Waals surface area contributed by atoms with Crippen LogP contribution in [0.3, 0.4) is 0 Å². The minimum absolute atomic E-state index is 0.699. The fourth-order valence-corrected chi connectivity index (χ4v) is 1.10. The smallest absolute Gasteiger partial charge is 0.164 e. The summed E-state index contributed by atoms with van der Waals surface area (Å²) in [5, 5.41) is 0. The molecule has 0 aliphatic heterocycles. The van der Waals surface area contributed by atoms with Crippen LogP contribution in [0.1, 0.15) is 13.3 Å². The maximum atomic E-state index is 10.0. The lowest BCUT2D eigenvalue weighted by atomic mass is 10.6. The third-order valence-electron chi connectivity index (χ3n) is 0.406. The standard InChI is InChI=1S/C3H7OPS/c1-2-3-5(4)6/h2-3H2,1H3. The van der Waals surface area contributed by atoms with Gasteiger partial charge in [0, 0.05) is 6.16 Å². The highest BCUT2D eigenvalue weighted by Crippen LogP contribution is 2.02. The minimum atomic E-state index is -1.27. The molecule has 0 rings (SSSR count). The summed E-state index contributed by atoms with van der Waals surface area (Å²) in [7, 11) is 0. The summed E-state index contributed by atoms with van der Waals surface area (Å²) in [4.78, 5) is 0. The summed E-state index contributed by atoms with van der Waals surface area (Å²) in [6.07, 6.45) is 1.64. The molecule has 1 atom stereocenters. The van der Waals surface area contributed by atoms with E-state index in [1.807, 2.05) is 6.92 Å². The zero-order valence-electron chi connectivity index (χ0n) is 3.68. The highest BCUT2D eigenvalue weighted by atomic mass is 32.4. The molecular formula is C3H7OPS. The highest BCUT2D eigenvalue weighted by Gasteiger charge is 1.76. The van der Waals surface area contributed by atoms with E-state index < -0.39 is 6.58 Å². The molecule has 0 spiro atoms. The molecule has 0 aromatic rings. The van der Waals surface area contributed by atoms with Crippen LogP contribution in [0.4, 0.5) is 0 Å². The molecule has 36 valence electrons. The van der Waals surface area contributed by atoms with Gasteiger partial charge in [-0.05, 0) is 18.2 Å². The van der Waals surface area contributed by atoms with Crippen molar-refractivity contribution in [2.45, 2.75) is 13.3 Å². The Balaban J connectivity index is 3.07. The molecule has 0 aliphatic carbocycles. The summed E-state index contributed by atoms with van der Waals surface area (Å²) in [6.45, 7) is 0.705. The third-order valence-corrected chi connectivity index (χ3v) is 1.77. The maximum absolute atomic E-state index is 10.0. The summed E-state index contributed by atoms with van der Waals surface area (Å²) in [5.41, 5.74) is 0. The van der Waals surface area contributed by atoms with Crippen molar-refractivity contribution < 1.29 is 4.57 Å².